The highest BCUT2D eigenvalue weighted by molar-refractivity contribution is 5.87. The number of primary amides is 1. The molecular formula is C16H13F4N5O. The number of anilines is 2. The zero-order valence-electron chi connectivity index (χ0n) is 13.4. The summed E-state index contributed by atoms with van der Waals surface area (Å²) in [5.41, 5.74) is 1.76. The number of halogens is 4. The summed E-state index contributed by atoms with van der Waals surface area (Å²) in [5.74, 6) is -1.79. The predicted octanol–water partition coefficient (Wildman–Crippen LogP) is 3.39. The molecule has 2 aromatic heterocycles. The van der Waals surface area contributed by atoms with Crippen molar-refractivity contribution in [3.63, 3.8) is 0 Å². The number of alkyl halides is 4. The Hall–Kier alpha value is -3.17. The summed E-state index contributed by atoms with van der Waals surface area (Å²) >= 11 is 0. The van der Waals surface area contributed by atoms with Gasteiger partial charge in [-0.05, 0) is 37.3 Å². The summed E-state index contributed by atoms with van der Waals surface area (Å²) in [6, 6.07) is 6.22. The fourth-order valence-corrected chi connectivity index (χ4v) is 2.38. The average molecular weight is 367 g/mol. The Kier molecular flexibility index (Phi) is 4.05. The van der Waals surface area contributed by atoms with E-state index >= 15 is 0 Å². The Labute approximate surface area is 144 Å². The summed E-state index contributed by atoms with van der Waals surface area (Å²) in [7, 11) is 0. The van der Waals surface area contributed by atoms with Crippen molar-refractivity contribution in [2.24, 2.45) is 5.73 Å². The van der Waals surface area contributed by atoms with E-state index in [4.69, 9.17) is 5.73 Å². The molecule has 0 saturated carbocycles. The van der Waals surface area contributed by atoms with E-state index in [1.54, 1.807) is 18.2 Å². The SMILES string of the molecule is CC(F)(C(N)=O)c1ccc(C(F)(F)F)nc1Nc1ccc2[nH]ncc2c1. The first-order chi connectivity index (χ1) is 12.1. The van der Waals surface area contributed by atoms with Gasteiger partial charge in [-0.1, -0.05) is 0 Å². The van der Waals surface area contributed by atoms with Crippen LogP contribution in [-0.4, -0.2) is 21.1 Å². The Morgan fingerprint density at radius 3 is 2.58 bits per heavy atom. The number of fused-ring (bicyclic) bond motifs is 1. The largest absolute Gasteiger partial charge is 0.433 e. The molecule has 1 aromatic carbocycles. The van der Waals surface area contributed by atoms with E-state index in [1.165, 1.54) is 6.20 Å². The van der Waals surface area contributed by atoms with Gasteiger partial charge in [0.25, 0.3) is 5.91 Å². The lowest BCUT2D eigenvalue weighted by atomic mass is 9.97. The number of hydrogen-bond donors (Lipinski definition) is 3. The van der Waals surface area contributed by atoms with Crippen molar-refractivity contribution in [2.75, 3.05) is 5.32 Å². The number of benzene rings is 1. The Morgan fingerprint density at radius 2 is 1.92 bits per heavy atom. The number of aromatic amines is 1. The number of hydrogen-bond acceptors (Lipinski definition) is 4. The minimum Gasteiger partial charge on any atom is -0.367 e. The molecule has 26 heavy (non-hydrogen) atoms. The number of H-pyrrole nitrogens is 1. The molecule has 10 heteroatoms. The van der Waals surface area contributed by atoms with Crippen LogP contribution in [0.1, 0.15) is 18.2 Å². The summed E-state index contributed by atoms with van der Waals surface area (Å²) in [4.78, 5) is 14.9. The minimum atomic E-state index is -4.73. The third-order valence-electron chi connectivity index (χ3n) is 3.86. The Balaban J connectivity index is 2.10. The number of nitrogens with one attached hydrogen (secondary N) is 2. The summed E-state index contributed by atoms with van der Waals surface area (Å²) in [5, 5.41) is 9.87. The van der Waals surface area contributed by atoms with Gasteiger partial charge in [0.2, 0.25) is 5.67 Å². The van der Waals surface area contributed by atoms with Crippen molar-refractivity contribution in [3.8, 4) is 0 Å². The second kappa shape index (κ2) is 5.97. The second-order valence-corrected chi connectivity index (χ2v) is 5.75. The highest BCUT2D eigenvalue weighted by atomic mass is 19.4. The van der Waals surface area contributed by atoms with Crippen LogP contribution in [0, 0.1) is 0 Å². The van der Waals surface area contributed by atoms with Crippen molar-refractivity contribution in [1.29, 1.82) is 0 Å². The summed E-state index contributed by atoms with van der Waals surface area (Å²) < 4.78 is 53.6. The van der Waals surface area contributed by atoms with Gasteiger partial charge in [-0.25, -0.2) is 9.37 Å². The average Bonchev–Trinajstić information content (AvgIpc) is 3.01. The van der Waals surface area contributed by atoms with Gasteiger partial charge in [-0.15, -0.1) is 0 Å². The van der Waals surface area contributed by atoms with Crippen LogP contribution < -0.4 is 11.1 Å². The summed E-state index contributed by atoms with van der Waals surface area (Å²) in [6.07, 6.45) is -3.22. The van der Waals surface area contributed by atoms with E-state index < -0.39 is 34.8 Å². The zero-order chi connectivity index (χ0) is 19.1. The van der Waals surface area contributed by atoms with Crippen molar-refractivity contribution in [2.45, 2.75) is 18.8 Å². The highest BCUT2D eigenvalue weighted by Crippen LogP contribution is 2.36. The highest BCUT2D eigenvalue weighted by Gasteiger charge is 2.39. The lowest BCUT2D eigenvalue weighted by Crippen LogP contribution is -2.35. The van der Waals surface area contributed by atoms with Gasteiger partial charge in [0.15, 0.2) is 0 Å². The molecule has 0 fully saturated rings. The molecule has 1 amide bonds. The van der Waals surface area contributed by atoms with Gasteiger partial charge >= 0.3 is 6.18 Å². The molecule has 0 aliphatic heterocycles. The molecule has 3 aromatic rings. The maximum atomic E-state index is 14.7. The molecule has 0 aliphatic rings. The van der Waals surface area contributed by atoms with E-state index in [2.05, 4.69) is 20.5 Å². The smallest absolute Gasteiger partial charge is 0.367 e. The van der Waals surface area contributed by atoms with Crippen LogP contribution in [0.15, 0.2) is 36.5 Å². The molecule has 2 heterocycles. The van der Waals surface area contributed by atoms with Gasteiger partial charge in [0, 0.05) is 16.6 Å². The van der Waals surface area contributed by atoms with Crippen molar-refractivity contribution >= 4 is 28.3 Å². The first-order valence-electron chi connectivity index (χ1n) is 7.37. The lowest BCUT2D eigenvalue weighted by Gasteiger charge is -2.21. The van der Waals surface area contributed by atoms with Crippen LogP contribution >= 0.6 is 0 Å². The van der Waals surface area contributed by atoms with Crippen LogP contribution in [0.3, 0.4) is 0 Å². The van der Waals surface area contributed by atoms with Crippen LogP contribution in [0.4, 0.5) is 29.1 Å². The van der Waals surface area contributed by atoms with Gasteiger partial charge in [-0.2, -0.15) is 18.3 Å². The molecular weight excluding hydrogens is 354 g/mol. The number of rotatable bonds is 4. The van der Waals surface area contributed by atoms with E-state index in [9.17, 15) is 22.4 Å². The van der Waals surface area contributed by atoms with E-state index in [0.29, 0.717) is 22.7 Å². The number of aromatic nitrogens is 3. The standard InChI is InChI=1S/C16H13F4N5O/c1-15(17,14(21)26)10-3-5-12(16(18,19)20)24-13(10)23-9-2-4-11-8(6-9)7-22-25-11/h2-7H,1H3,(H2,21,26)(H,22,25)(H,23,24). The van der Waals surface area contributed by atoms with E-state index in [0.717, 1.165) is 13.0 Å². The topological polar surface area (TPSA) is 96.7 Å². The van der Waals surface area contributed by atoms with Crippen molar-refractivity contribution in [1.82, 2.24) is 15.2 Å². The molecule has 1 atom stereocenters. The minimum absolute atomic E-state index is 0.340. The summed E-state index contributed by atoms with van der Waals surface area (Å²) in [6.45, 7) is 0.865. The fourth-order valence-electron chi connectivity index (χ4n) is 2.38. The molecule has 4 N–H and O–H groups in total. The third kappa shape index (κ3) is 3.17. The first-order valence-corrected chi connectivity index (χ1v) is 7.37. The quantitative estimate of drug-likeness (QED) is 0.616. The zero-order valence-corrected chi connectivity index (χ0v) is 13.4. The number of carbonyl (C=O) groups is 1. The Bertz CT molecular complexity index is 980. The van der Waals surface area contributed by atoms with Gasteiger partial charge in [0.1, 0.15) is 11.5 Å². The molecule has 0 aliphatic carbocycles. The molecule has 136 valence electrons. The van der Waals surface area contributed by atoms with Crippen LogP contribution in [-0.2, 0) is 16.6 Å². The maximum Gasteiger partial charge on any atom is 0.433 e. The fraction of sp³-hybridized carbons (Fsp3) is 0.188. The maximum absolute atomic E-state index is 14.7. The molecule has 0 bridgehead atoms. The van der Waals surface area contributed by atoms with Gasteiger partial charge in [0.05, 0.1) is 11.7 Å². The molecule has 0 saturated heterocycles. The molecule has 1 unspecified atom stereocenters. The number of carbonyl (C=O) groups excluding carboxylic acids is 1. The number of nitrogens with zero attached hydrogens (tertiary/aromatic N) is 2. The van der Waals surface area contributed by atoms with Crippen LogP contribution in [0.25, 0.3) is 10.9 Å². The molecule has 3 rings (SSSR count). The van der Waals surface area contributed by atoms with Crippen LogP contribution in [0.5, 0.6) is 0 Å². The van der Waals surface area contributed by atoms with Gasteiger partial charge < -0.3 is 11.1 Å². The number of nitrogens with two attached hydrogens (primary N) is 1. The molecule has 0 radical (unpaired) electrons. The van der Waals surface area contributed by atoms with Crippen molar-refractivity contribution < 1.29 is 22.4 Å². The second-order valence-electron chi connectivity index (χ2n) is 5.75. The van der Waals surface area contributed by atoms with Gasteiger partial charge in [-0.3, -0.25) is 9.89 Å². The van der Waals surface area contributed by atoms with Crippen molar-refractivity contribution in [3.05, 3.63) is 47.8 Å². The normalized spacial score (nSPS) is 14.2. The lowest BCUT2D eigenvalue weighted by molar-refractivity contribution is -0.141. The number of pyridine rings is 1. The monoisotopic (exact) mass is 367 g/mol. The Morgan fingerprint density at radius 1 is 1.19 bits per heavy atom. The third-order valence-corrected chi connectivity index (χ3v) is 3.86. The van der Waals surface area contributed by atoms with Crippen LogP contribution in [0.2, 0.25) is 0 Å². The van der Waals surface area contributed by atoms with E-state index in [-0.39, 0.29) is 0 Å². The molecule has 0 spiro atoms. The number of amides is 1. The van der Waals surface area contributed by atoms with E-state index in [1.807, 2.05) is 0 Å². The molecule has 6 nitrogen and oxygen atoms in total. The predicted molar refractivity (Wildman–Crippen MR) is 86.3 cm³/mol. The first kappa shape index (κ1) is 17.6.